The smallest absolute Gasteiger partial charge is 0.340 e. The van der Waals surface area contributed by atoms with Gasteiger partial charge < -0.3 is 14.8 Å². The van der Waals surface area contributed by atoms with Crippen LogP contribution in [0.3, 0.4) is 0 Å². The van der Waals surface area contributed by atoms with Gasteiger partial charge in [0.15, 0.2) is 6.61 Å². The van der Waals surface area contributed by atoms with E-state index in [4.69, 9.17) is 4.74 Å². The number of carbonyl (C=O) groups is 2. The lowest BCUT2D eigenvalue weighted by Crippen LogP contribution is -2.20. The Kier molecular flexibility index (Phi) is 5.76. The van der Waals surface area contributed by atoms with Crippen molar-refractivity contribution in [3.05, 3.63) is 46.8 Å². The highest BCUT2D eigenvalue weighted by atomic mass is 32.1. The molecule has 2 aromatic rings. The lowest BCUT2D eigenvalue weighted by molar-refractivity contribution is -0.118. The van der Waals surface area contributed by atoms with E-state index in [1.54, 1.807) is 11.4 Å². The molecule has 2 rings (SSSR count). The van der Waals surface area contributed by atoms with E-state index < -0.39 is 5.97 Å². The molecule has 0 spiro atoms. The van der Waals surface area contributed by atoms with Gasteiger partial charge in [-0.25, -0.2) is 4.79 Å². The van der Waals surface area contributed by atoms with Crippen molar-refractivity contribution in [2.24, 2.45) is 0 Å². The quantitative estimate of drug-likeness (QED) is 0.819. The molecule has 1 N–H and O–H groups in total. The van der Waals surface area contributed by atoms with Crippen LogP contribution in [0.5, 0.6) is 5.75 Å². The molecule has 1 aromatic heterocycles. The van der Waals surface area contributed by atoms with Crippen LogP contribution in [0, 0.1) is 0 Å². The number of anilines is 1. The van der Waals surface area contributed by atoms with Crippen molar-refractivity contribution < 1.29 is 19.1 Å². The van der Waals surface area contributed by atoms with Crippen LogP contribution in [-0.4, -0.2) is 25.6 Å². The molecular formula is C17H19NO4S. The molecule has 0 atom stereocenters. The molecule has 23 heavy (non-hydrogen) atoms. The predicted octanol–water partition coefficient (Wildman–Crippen LogP) is 3.68. The summed E-state index contributed by atoms with van der Waals surface area (Å²) in [5.74, 6) is 0.268. The molecule has 0 aliphatic rings. The standard InChI is InChI=1S/C17H19NO4S/c1-11(2)12-4-6-13(7-5-12)22-10-15(19)18-16-14(8-9-23-16)17(20)21-3/h4-9,11H,10H2,1-3H3,(H,18,19). The molecule has 5 nitrogen and oxygen atoms in total. The van der Waals surface area contributed by atoms with Crippen LogP contribution in [0.25, 0.3) is 0 Å². The summed E-state index contributed by atoms with van der Waals surface area (Å²) >= 11 is 1.26. The van der Waals surface area contributed by atoms with Gasteiger partial charge in [-0.1, -0.05) is 26.0 Å². The van der Waals surface area contributed by atoms with Gasteiger partial charge in [0, 0.05) is 0 Å². The van der Waals surface area contributed by atoms with Crippen molar-refractivity contribution in [2.45, 2.75) is 19.8 Å². The van der Waals surface area contributed by atoms with E-state index in [1.807, 2.05) is 24.3 Å². The molecule has 122 valence electrons. The molecule has 1 amide bonds. The fraction of sp³-hybridized carbons (Fsp3) is 0.294. The largest absolute Gasteiger partial charge is 0.484 e. The molecule has 0 aliphatic carbocycles. The summed E-state index contributed by atoms with van der Waals surface area (Å²) in [7, 11) is 1.30. The lowest BCUT2D eigenvalue weighted by atomic mass is 10.0. The van der Waals surface area contributed by atoms with Crippen LogP contribution in [-0.2, 0) is 9.53 Å². The van der Waals surface area contributed by atoms with Gasteiger partial charge >= 0.3 is 5.97 Å². The number of rotatable bonds is 6. The Morgan fingerprint density at radius 1 is 1.17 bits per heavy atom. The summed E-state index contributed by atoms with van der Waals surface area (Å²) in [4.78, 5) is 23.5. The third-order valence-electron chi connectivity index (χ3n) is 3.24. The number of hydrogen-bond acceptors (Lipinski definition) is 5. The second-order valence-corrected chi connectivity index (χ2v) is 6.13. The van der Waals surface area contributed by atoms with Crippen molar-refractivity contribution in [1.29, 1.82) is 0 Å². The van der Waals surface area contributed by atoms with Gasteiger partial charge in [0.1, 0.15) is 10.8 Å². The van der Waals surface area contributed by atoms with Gasteiger partial charge in [0.2, 0.25) is 0 Å². The average molecular weight is 333 g/mol. The summed E-state index contributed by atoms with van der Waals surface area (Å²) in [6, 6.07) is 9.25. The number of amides is 1. The molecular weight excluding hydrogens is 314 g/mol. The lowest BCUT2D eigenvalue weighted by Gasteiger charge is -2.09. The van der Waals surface area contributed by atoms with E-state index in [9.17, 15) is 9.59 Å². The Morgan fingerprint density at radius 2 is 1.87 bits per heavy atom. The minimum atomic E-state index is -0.480. The van der Waals surface area contributed by atoms with E-state index in [0.29, 0.717) is 22.2 Å². The van der Waals surface area contributed by atoms with Gasteiger partial charge in [0.05, 0.1) is 12.7 Å². The van der Waals surface area contributed by atoms with Crippen LogP contribution in [0.2, 0.25) is 0 Å². The number of esters is 1. The molecule has 1 aromatic carbocycles. The molecule has 1 heterocycles. The number of nitrogens with one attached hydrogen (secondary N) is 1. The predicted molar refractivity (Wildman–Crippen MR) is 90.3 cm³/mol. The van der Waals surface area contributed by atoms with Crippen molar-refractivity contribution in [3.63, 3.8) is 0 Å². The van der Waals surface area contributed by atoms with Gasteiger partial charge in [-0.2, -0.15) is 0 Å². The number of carbonyl (C=O) groups excluding carboxylic acids is 2. The highest BCUT2D eigenvalue weighted by molar-refractivity contribution is 7.14. The molecule has 0 saturated heterocycles. The first-order valence-corrected chi connectivity index (χ1v) is 8.07. The molecule has 0 saturated carbocycles. The molecule has 0 fully saturated rings. The SMILES string of the molecule is COC(=O)c1ccsc1NC(=O)COc1ccc(C(C)C)cc1. The average Bonchev–Trinajstić information content (AvgIpc) is 3.00. The monoisotopic (exact) mass is 333 g/mol. The first-order valence-electron chi connectivity index (χ1n) is 7.19. The van der Waals surface area contributed by atoms with E-state index in [0.717, 1.165) is 0 Å². The Morgan fingerprint density at radius 3 is 2.48 bits per heavy atom. The fourth-order valence-electron chi connectivity index (χ4n) is 1.94. The molecule has 0 bridgehead atoms. The zero-order valence-corrected chi connectivity index (χ0v) is 14.1. The van der Waals surface area contributed by atoms with Gasteiger partial charge in [-0.15, -0.1) is 11.3 Å². The summed E-state index contributed by atoms with van der Waals surface area (Å²) < 4.78 is 10.1. The van der Waals surface area contributed by atoms with Crippen molar-refractivity contribution >= 4 is 28.2 Å². The zero-order valence-electron chi connectivity index (χ0n) is 13.3. The van der Waals surface area contributed by atoms with Crippen LogP contribution in [0.4, 0.5) is 5.00 Å². The Hall–Kier alpha value is -2.34. The van der Waals surface area contributed by atoms with Crippen molar-refractivity contribution in [1.82, 2.24) is 0 Å². The van der Waals surface area contributed by atoms with E-state index >= 15 is 0 Å². The van der Waals surface area contributed by atoms with Gasteiger partial charge in [-0.05, 0) is 35.1 Å². The summed E-state index contributed by atoms with van der Waals surface area (Å²) in [5, 5.41) is 4.83. The third kappa shape index (κ3) is 4.56. The van der Waals surface area contributed by atoms with E-state index in [1.165, 1.54) is 24.0 Å². The zero-order chi connectivity index (χ0) is 16.8. The van der Waals surface area contributed by atoms with Crippen LogP contribution in [0.1, 0.15) is 35.7 Å². The summed E-state index contributed by atoms with van der Waals surface area (Å²) in [5.41, 5.74) is 1.55. The van der Waals surface area contributed by atoms with Crippen molar-refractivity contribution in [3.8, 4) is 5.75 Å². The molecule has 0 radical (unpaired) electrons. The topological polar surface area (TPSA) is 64.6 Å². The number of ether oxygens (including phenoxy) is 2. The Balaban J connectivity index is 1.90. The molecule has 6 heteroatoms. The fourth-order valence-corrected chi connectivity index (χ4v) is 2.73. The normalized spacial score (nSPS) is 10.4. The maximum Gasteiger partial charge on any atom is 0.340 e. The maximum absolute atomic E-state index is 11.9. The highest BCUT2D eigenvalue weighted by Crippen LogP contribution is 2.24. The van der Waals surface area contributed by atoms with Crippen LogP contribution >= 0.6 is 11.3 Å². The van der Waals surface area contributed by atoms with Gasteiger partial charge in [-0.3, -0.25) is 4.79 Å². The Labute approximate surface area is 139 Å². The number of methoxy groups -OCH3 is 1. The van der Waals surface area contributed by atoms with Gasteiger partial charge in [0.25, 0.3) is 5.91 Å². The van der Waals surface area contributed by atoms with Crippen LogP contribution in [0.15, 0.2) is 35.7 Å². The third-order valence-corrected chi connectivity index (χ3v) is 4.07. The highest BCUT2D eigenvalue weighted by Gasteiger charge is 2.15. The number of thiophene rings is 1. The van der Waals surface area contributed by atoms with Crippen molar-refractivity contribution in [2.75, 3.05) is 19.0 Å². The minimum Gasteiger partial charge on any atom is -0.484 e. The number of benzene rings is 1. The van der Waals surface area contributed by atoms with Crippen LogP contribution < -0.4 is 10.1 Å². The van der Waals surface area contributed by atoms with E-state index in [2.05, 4.69) is 23.9 Å². The second kappa shape index (κ2) is 7.78. The molecule has 0 unspecified atom stereocenters. The first kappa shape index (κ1) is 17.0. The summed E-state index contributed by atoms with van der Waals surface area (Å²) in [6.07, 6.45) is 0. The maximum atomic E-state index is 11.9. The summed E-state index contributed by atoms with van der Waals surface area (Å²) in [6.45, 7) is 4.10. The first-order chi connectivity index (χ1) is 11.0. The minimum absolute atomic E-state index is 0.125. The second-order valence-electron chi connectivity index (χ2n) is 5.22. The van der Waals surface area contributed by atoms with E-state index in [-0.39, 0.29) is 12.5 Å². The number of hydrogen-bond donors (Lipinski definition) is 1. The Bertz CT molecular complexity index is 676. The molecule has 0 aliphatic heterocycles.